The molecule has 0 spiro atoms. The number of ether oxygens (including phenoxy) is 2. The fourth-order valence-electron chi connectivity index (χ4n) is 1.90. The van der Waals surface area contributed by atoms with Crippen LogP contribution in [0.15, 0.2) is 36.7 Å². The van der Waals surface area contributed by atoms with Crippen molar-refractivity contribution in [1.29, 1.82) is 0 Å². The Hall–Kier alpha value is -2.50. The van der Waals surface area contributed by atoms with Crippen LogP contribution in [0.2, 0.25) is 0 Å². The molecule has 0 amide bonds. The van der Waals surface area contributed by atoms with Gasteiger partial charge in [0.05, 0.1) is 26.1 Å². The van der Waals surface area contributed by atoms with E-state index < -0.39 is 6.04 Å². The largest absolute Gasteiger partial charge is 0.495 e. The molecular formula is C14H17N3O3. The van der Waals surface area contributed by atoms with Gasteiger partial charge in [-0.05, 0) is 12.1 Å². The number of hydrogen-bond acceptors (Lipinski definition) is 5. The Labute approximate surface area is 117 Å². The molecule has 1 aromatic heterocycles. The van der Waals surface area contributed by atoms with Crippen LogP contribution in [0.25, 0.3) is 0 Å². The first-order valence-corrected chi connectivity index (χ1v) is 6.11. The summed E-state index contributed by atoms with van der Waals surface area (Å²) in [6.07, 6.45) is 3.40. The van der Waals surface area contributed by atoms with Crippen LogP contribution in [0.1, 0.15) is 11.6 Å². The van der Waals surface area contributed by atoms with Gasteiger partial charge in [0.15, 0.2) is 6.04 Å². The van der Waals surface area contributed by atoms with Crippen LogP contribution >= 0.6 is 0 Å². The number of esters is 1. The van der Waals surface area contributed by atoms with Crippen molar-refractivity contribution in [3.63, 3.8) is 0 Å². The van der Waals surface area contributed by atoms with Crippen molar-refractivity contribution < 1.29 is 14.3 Å². The second-order valence-electron chi connectivity index (χ2n) is 4.25. The lowest BCUT2D eigenvalue weighted by molar-refractivity contribution is -0.141. The molecule has 1 aromatic carbocycles. The Balaban J connectivity index is 2.31. The number of carbonyl (C=O) groups is 1. The molecule has 0 saturated carbocycles. The number of aromatic nitrogens is 2. The minimum absolute atomic E-state index is 0.385. The third-order valence-corrected chi connectivity index (χ3v) is 2.90. The number of carbonyl (C=O) groups excluding carboxylic acids is 1. The number of para-hydroxylation sites is 2. The Morgan fingerprint density at radius 1 is 1.35 bits per heavy atom. The van der Waals surface area contributed by atoms with Crippen molar-refractivity contribution >= 4 is 11.7 Å². The van der Waals surface area contributed by atoms with Gasteiger partial charge in [-0.2, -0.15) is 5.10 Å². The summed E-state index contributed by atoms with van der Waals surface area (Å²) in [5, 5.41) is 7.20. The molecule has 0 aliphatic carbocycles. The lowest BCUT2D eigenvalue weighted by Crippen LogP contribution is -2.22. The molecule has 1 unspecified atom stereocenters. The van der Waals surface area contributed by atoms with E-state index in [0.29, 0.717) is 11.4 Å². The van der Waals surface area contributed by atoms with Crippen LogP contribution in [0.5, 0.6) is 5.75 Å². The van der Waals surface area contributed by atoms with Gasteiger partial charge in [-0.15, -0.1) is 0 Å². The fraction of sp³-hybridized carbons (Fsp3) is 0.286. The van der Waals surface area contributed by atoms with Crippen LogP contribution < -0.4 is 10.1 Å². The smallest absolute Gasteiger partial charge is 0.333 e. The van der Waals surface area contributed by atoms with E-state index in [4.69, 9.17) is 9.47 Å². The van der Waals surface area contributed by atoms with Gasteiger partial charge in [-0.3, -0.25) is 4.68 Å². The summed E-state index contributed by atoms with van der Waals surface area (Å²) in [5.74, 6) is 0.272. The summed E-state index contributed by atoms with van der Waals surface area (Å²) < 4.78 is 11.7. The Morgan fingerprint density at radius 2 is 2.10 bits per heavy atom. The summed E-state index contributed by atoms with van der Waals surface area (Å²) >= 11 is 0. The molecule has 2 rings (SSSR count). The maximum Gasteiger partial charge on any atom is 0.333 e. The number of benzene rings is 1. The van der Waals surface area contributed by atoms with Crippen molar-refractivity contribution in [3.05, 3.63) is 42.2 Å². The van der Waals surface area contributed by atoms with Crippen molar-refractivity contribution in [2.45, 2.75) is 6.04 Å². The highest BCUT2D eigenvalue weighted by atomic mass is 16.5. The van der Waals surface area contributed by atoms with Crippen molar-refractivity contribution in [2.24, 2.45) is 7.05 Å². The third kappa shape index (κ3) is 2.90. The fourth-order valence-corrected chi connectivity index (χ4v) is 1.90. The second-order valence-corrected chi connectivity index (χ2v) is 4.25. The number of hydrogen-bond donors (Lipinski definition) is 1. The topological polar surface area (TPSA) is 65.4 Å². The molecule has 0 aliphatic heterocycles. The molecule has 20 heavy (non-hydrogen) atoms. The molecule has 1 heterocycles. The van der Waals surface area contributed by atoms with Crippen LogP contribution in [0.3, 0.4) is 0 Å². The van der Waals surface area contributed by atoms with Crippen molar-refractivity contribution in [1.82, 2.24) is 9.78 Å². The zero-order chi connectivity index (χ0) is 14.5. The highest BCUT2D eigenvalue weighted by Crippen LogP contribution is 2.28. The Kier molecular flexibility index (Phi) is 4.24. The van der Waals surface area contributed by atoms with Crippen molar-refractivity contribution in [2.75, 3.05) is 19.5 Å². The van der Waals surface area contributed by atoms with Gasteiger partial charge in [0.25, 0.3) is 0 Å². The lowest BCUT2D eigenvalue weighted by Gasteiger charge is -2.18. The van der Waals surface area contributed by atoms with Gasteiger partial charge in [0.1, 0.15) is 5.75 Å². The zero-order valence-electron chi connectivity index (χ0n) is 11.7. The number of nitrogens with one attached hydrogen (secondary N) is 1. The Bertz CT molecular complexity index is 595. The van der Waals surface area contributed by atoms with E-state index >= 15 is 0 Å². The average Bonchev–Trinajstić information content (AvgIpc) is 2.90. The molecule has 2 aromatic rings. The molecule has 0 fully saturated rings. The molecular weight excluding hydrogens is 258 g/mol. The molecule has 0 radical (unpaired) electrons. The average molecular weight is 275 g/mol. The van der Waals surface area contributed by atoms with Gasteiger partial charge < -0.3 is 14.8 Å². The number of methoxy groups -OCH3 is 2. The third-order valence-electron chi connectivity index (χ3n) is 2.90. The van der Waals surface area contributed by atoms with Gasteiger partial charge in [0.2, 0.25) is 0 Å². The number of rotatable bonds is 5. The minimum Gasteiger partial charge on any atom is -0.495 e. The quantitative estimate of drug-likeness (QED) is 0.842. The number of anilines is 1. The molecule has 6 nitrogen and oxygen atoms in total. The van der Waals surface area contributed by atoms with E-state index in [2.05, 4.69) is 10.4 Å². The summed E-state index contributed by atoms with van der Waals surface area (Å²) in [6.45, 7) is 0. The highest BCUT2D eigenvalue weighted by molar-refractivity contribution is 5.81. The molecule has 0 bridgehead atoms. The van der Waals surface area contributed by atoms with E-state index in [1.807, 2.05) is 24.3 Å². The predicted molar refractivity (Wildman–Crippen MR) is 74.6 cm³/mol. The predicted octanol–water partition coefficient (Wildman–Crippen LogP) is 1.75. The standard InChI is InChI=1S/C14H17N3O3/c1-17-9-10(8-15-17)13(14(18)20-3)16-11-6-4-5-7-12(11)19-2/h4-9,13,16H,1-3H3. The second kappa shape index (κ2) is 6.10. The first-order valence-electron chi connectivity index (χ1n) is 6.11. The first-order chi connectivity index (χ1) is 9.65. The van der Waals surface area contributed by atoms with E-state index in [1.54, 1.807) is 31.2 Å². The summed E-state index contributed by atoms with van der Waals surface area (Å²) in [5.41, 5.74) is 1.44. The van der Waals surface area contributed by atoms with Gasteiger partial charge in [-0.25, -0.2) is 4.79 Å². The Morgan fingerprint density at radius 3 is 2.70 bits per heavy atom. The molecule has 1 atom stereocenters. The molecule has 106 valence electrons. The van der Waals surface area contributed by atoms with E-state index in [9.17, 15) is 4.79 Å². The SMILES string of the molecule is COC(=O)C(Nc1ccccc1OC)c1cnn(C)c1. The van der Waals surface area contributed by atoms with E-state index in [-0.39, 0.29) is 5.97 Å². The van der Waals surface area contributed by atoms with E-state index in [1.165, 1.54) is 7.11 Å². The van der Waals surface area contributed by atoms with Gasteiger partial charge >= 0.3 is 5.97 Å². The zero-order valence-corrected chi connectivity index (χ0v) is 11.7. The van der Waals surface area contributed by atoms with Crippen LogP contribution in [-0.4, -0.2) is 30.0 Å². The number of nitrogens with zero attached hydrogens (tertiary/aromatic N) is 2. The first kappa shape index (κ1) is 13.9. The van der Waals surface area contributed by atoms with Crippen LogP contribution in [0.4, 0.5) is 5.69 Å². The lowest BCUT2D eigenvalue weighted by atomic mass is 10.1. The summed E-state index contributed by atoms with van der Waals surface area (Å²) in [6, 6.07) is 6.75. The van der Waals surface area contributed by atoms with Gasteiger partial charge in [-0.1, -0.05) is 12.1 Å². The molecule has 0 aliphatic rings. The number of aryl methyl sites for hydroxylation is 1. The van der Waals surface area contributed by atoms with Crippen LogP contribution in [0, 0.1) is 0 Å². The molecule has 0 saturated heterocycles. The summed E-state index contributed by atoms with van der Waals surface area (Å²) in [7, 11) is 4.73. The maximum absolute atomic E-state index is 12.0. The normalized spacial score (nSPS) is 11.8. The van der Waals surface area contributed by atoms with Crippen molar-refractivity contribution in [3.8, 4) is 5.75 Å². The minimum atomic E-state index is -0.634. The highest BCUT2D eigenvalue weighted by Gasteiger charge is 2.23. The van der Waals surface area contributed by atoms with E-state index in [0.717, 1.165) is 5.56 Å². The molecule has 6 heteroatoms. The maximum atomic E-state index is 12.0. The monoisotopic (exact) mass is 275 g/mol. The van der Waals surface area contributed by atoms with Crippen LogP contribution in [-0.2, 0) is 16.6 Å². The van der Waals surface area contributed by atoms with Gasteiger partial charge in [0, 0.05) is 18.8 Å². The molecule has 1 N–H and O–H groups in total. The summed E-state index contributed by atoms with van der Waals surface area (Å²) in [4.78, 5) is 12.0.